The van der Waals surface area contributed by atoms with Crippen LogP contribution in [0, 0.1) is 17.7 Å². The fraction of sp³-hybridized carbons (Fsp3) is 0.480. The Bertz CT molecular complexity index is 1340. The van der Waals surface area contributed by atoms with Gasteiger partial charge in [-0.25, -0.2) is 4.39 Å². The number of benzene rings is 1. The van der Waals surface area contributed by atoms with Gasteiger partial charge in [0.25, 0.3) is 17.4 Å². The Morgan fingerprint density at radius 3 is 2.71 bits per heavy atom. The van der Waals surface area contributed by atoms with Gasteiger partial charge in [-0.15, -0.1) is 0 Å². The average Bonchev–Trinajstić information content (AvgIpc) is 3.48. The maximum atomic E-state index is 13.8. The number of nitrogens with zero attached hydrogens (tertiary/aromatic N) is 3. The van der Waals surface area contributed by atoms with Crippen LogP contribution in [0.1, 0.15) is 51.2 Å². The van der Waals surface area contributed by atoms with Crippen LogP contribution >= 0.6 is 11.6 Å². The largest absolute Gasteiger partial charge is 0.502 e. The van der Waals surface area contributed by atoms with E-state index in [0.29, 0.717) is 43.0 Å². The van der Waals surface area contributed by atoms with Crippen LogP contribution in [-0.2, 0) is 23.4 Å². The SMILES string of the molecule is COCCN1C(=O)c2c3c(c(O)c(=O)n2C12CC[C@@H]1C[C@@H]12)C(=O)N(Cc1ccc(F)c(Cl)c1)CC3. The molecule has 1 spiro atoms. The molecule has 0 radical (unpaired) electrons. The van der Waals surface area contributed by atoms with Gasteiger partial charge < -0.3 is 19.6 Å². The topological polar surface area (TPSA) is 92.1 Å². The number of aromatic nitrogens is 1. The van der Waals surface area contributed by atoms with Crippen LogP contribution in [0.3, 0.4) is 0 Å². The summed E-state index contributed by atoms with van der Waals surface area (Å²) >= 11 is 5.89. The highest BCUT2D eigenvalue weighted by molar-refractivity contribution is 6.30. The molecule has 2 aromatic rings. The summed E-state index contributed by atoms with van der Waals surface area (Å²) in [6.45, 7) is 1.09. The molecule has 2 aliphatic heterocycles. The number of aromatic hydroxyl groups is 1. The van der Waals surface area contributed by atoms with Crippen molar-refractivity contribution in [3.8, 4) is 5.75 Å². The van der Waals surface area contributed by atoms with Gasteiger partial charge >= 0.3 is 0 Å². The highest BCUT2D eigenvalue weighted by atomic mass is 35.5. The number of hydrogen-bond acceptors (Lipinski definition) is 5. The van der Waals surface area contributed by atoms with E-state index in [4.69, 9.17) is 16.3 Å². The number of halogens is 2. The van der Waals surface area contributed by atoms with Gasteiger partial charge in [0, 0.05) is 38.2 Å². The molecule has 6 rings (SSSR count). The molecule has 10 heteroatoms. The first kappa shape index (κ1) is 22.5. The molecule has 1 unspecified atom stereocenters. The van der Waals surface area contributed by atoms with Gasteiger partial charge in [-0.05, 0) is 49.3 Å². The van der Waals surface area contributed by atoms with Crippen molar-refractivity contribution in [3.63, 3.8) is 0 Å². The highest BCUT2D eigenvalue weighted by Crippen LogP contribution is 2.64. The first-order chi connectivity index (χ1) is 16.8. The molecule has 0 bridgehead atoms. The Kier molecular flexibility index (Phi) is 5.02. The second kappa shape index (κ2) is 7.80. The van der Waals surface area contributed by atoms with Crippen molar-refractivity contribution in [1.82, 2.24) is 14.4 Å². The summed E-state index contributed by atoms with van der Waals surface area (Å²) in [5.74, 6) is -1.35. The minimum atomic E-state index is -0.801. The van der Waals surface area contributed by atoms with Crippen LogP contribution in [0.2, 0.25) is 5.02 Å². The van der Waals surface area contributed by atoms with E-state index in [-0.39, 0.29) is 41.2 Å². The lowest BCUT2D eigenvalue weighted by Gasteiger charge is -2.38. The van der Waals surface area contributed by atoms with Crippen molar-refractivity contribution in [2.24, 2.45) is 11.8 Å². The van der Waals surface area contributed by atoms with E-state index in [0.717, 1.165) is 12.8 Å². The molecule has 184 valence electrons. The summed E-state index contributed by atoms with van der Waals surface area (Å²) in [5.41, 5.74) is -0.331. The van der Waals surface area contributed by atoms with E-state index in [1.165, 1.54) is 27.7 Å². The van der Waals surface area contributed by atoms with Gasteiger partial charge in [-0.2, -0.15) is 0 Å². The van der Waals surface area contributed by atoms with E-state index in [2.05, 4.69) is 0 Å². The second-order valence-electron chi connectivity index (χ2n) is 9.89. The molecule has 4 aliphatic rings. The number of carbonyl (C=O) groups is 2. The van der Waals surface area contributed by atoms with Crippen molar-refractivity contribution < 1.29 is 23.8 Å². The zero-order valence-electron chi connectivity index (χ0n) is 19.2. The third-order valence-corrected chi connectivity index (χ3v) is 8.45. The first-order valence-corrected chi connectivity index (χ1v) is 12.2. The van der Waals surface area contributed by atoms with Crippen molar-refractivity contribution in [2.45, 2.75) is 37.9 Å². The number of methoxy groups -OCH3 is 1. The molecule has 2 amide bonds. The summed E-state index contributed by atoms with van der Waals surface area (Å²) in [5, 5.41) is 11.0. The fourth-order valence-electron chi connectivity index (χ4n) is 6.53. The molecule has 1 aromatic carbocycles. The van der Waals surface area contributed by atoms with Gasteiger partial charge in [0.15, 0.2) is 5.75 Å². The van der Waals surface area contributed by atoms with Crippen molar-refractivity contribution in [2.75, 3.05) is 26.8 Å². The Balaban J connectivity index is 1.44. The van der Waals surface area contributed by atoms with E-state index >= 15 is 0 Å². The lowest BCUT2D eigenvalue weighted by Crippen LogP contribution is -2.51. The van der Waals surface area contributed by atoms with Gasteiger partial charge in [-0.3, -0.25) is 19.0 Å². The number of rotatable bonds is 5. The summed E-state index contributed by atoms with van der Waals surface area (Å²) in [7, 11) is 1.57. The molecule has 1 aromatic heterocycles. The number of fused-ring (bicyclic) bond motifs is 6. The summed E-state index contributed by atoms with van der Waals surface area (Å²) in [4.78, 5) is 44.0. The Morgan fingerprint density at radius 1 is 1.26 bits per heavy atom. The number of ether oxygens (including phenoxy) is 1. The van der Waals surface area contributed by atoms with Crippen molar-refractivity contribution >= 4 is 23.4 Å². The lowest BCUT2D eigenvalue weighted by atomic mass is 9.95. The van der Waals surface area contributed by atoms with Crippen LogP contribution in [0.25, 0.3) is 0 Å². The molecule has 2 saturated carbocycles. The molecule has 3 atom stereocenters. The van der Waals surface area contributed by atoms with Gasteiger partial charge in [0.2, 0.25) is 0 Å². The van der Waals surface area contributed by atoms with Crippen LogP contribution in [0.4, 0.5) is 4.39 Å². The third-order valence-electron chi connectivity index (χ3n) is 8.16. The Labute approximate surface area is 205 Å². The molecule has 2 fully saturated rings. The summed E-state index contributed by atoms with van der Waals surface area (Å²) in [6, 6.07) is 4.22. The highest BCUT2D eigenvalue weighted by Gasteiger charge is 2.67. The van der Waals surface area contributed by atoms with E-state index < -0.39 is 28.7 Å². The number of carbonyl (C=O) groups excluding carboxylic acids is 2. The molecule has 2 aliphatic carbocycles. The number of hydrogen-bond donors (Lipinski definition) is 1. The minimum absolute atomic E-state index is 0.0479. The van der Waals surface area contributed by atoms with E-state index in [1.807, 2.05) is 0 Å². The van der Waals surface area contributed by atoms with Crippen LogP contribution in [0.5, 0.6) is 5.75 Å². The van der Waals surface area contributed by atoms with Gasteiger partial charge in [0.1, 0.15) is 17.2 Å². The predicted molar refractivity (Wildman–Crippen MR) is 124 cm³/mol. The third kappa shape index (κ3) is 3.04. The minimum Gasteiger partial charge on any atom is -0.502 e. The normalized spacial score (nSPS) is 26.4. The molecular formula is C25H25ClFN3O5. The standard InChI is InChI=1S/C25H25ClFN3O5/c1-35-9-8-29-23(33)20-15-5-7-28(12-13-2-3-18(27)17(26)10-13)22(32)19(15)21(31)24(34)30(20)25(29)6-4-14-11-16(14)25/h2-3,10,14,16,31H,4-9,11-12H2,1H3/t14-,16+,25?/m1/s1. The van der Waals surface area contributed by atoms with Crippen molar-refractivity contribution in [1.29, 1.82) is 0 Å². The quantitative estimate of drug-likeness (QED) is 0.680. The van der Waals surface area contributed by atoms with Crippen LogP contribution in [0.15, 0.2) is 23.0 Å². The van der Waals surface area contributed by atoms with Gasteiger partial charge in [0.05, 0.1) is 17.2 Å². The van der Waals surface area contributed by atoms with Crippen LogP contribution in [-0.4, -0.2) is 58.1 Å². The average molecular weight is 502 g/mol. The van der Waals surface area contributed by atoms with E-state index in [1.54, 1.807) is 12.0 Å². The maximum Gasteiger partial charge on any atom is 0.296 e. The lowest BCUT2D eigenvalue weighted by molar-refractivity contribution is 0.0137. The van der Waals surface area contributed by atoms with Crippen LogP contribution < -0.4 is 5.56 Å². The smallest absolute Gasteiger partial charge is 0.296 e. The second-order valence-corrected chi connectivity index (χ2v) is 10.3. The molecule has 1 N–H and O–H groups in total. The van der Waals surface area contributed by atoms with Crippen molar-refractivity contribution in [3.05, 3.63) is 61.8 Å². The molecule has 0 saturated heterocycles. The number of pyridine rings is 1. The summed E-state index contributed by atoms with van der Waals surface area (Å²) in [6.07, 6.45) is 2.81. The molecule has 35 heavy (non-hydrogen) atoms. The zero-order chi connectivity index (χ0) is 24.6. The maximum absolute atomic E-state index is 13.8. The Hall–Kier alpha value is -2.91. The fourth-order valence-corrected chi connectivity index (χ4v) is 6.73. The number of amides is 2. The summed E-state index contributed by atoms with van der Waals surface area (Å²) < 4.78 is 20.3. The monoisotopic (exact) mass is 501 g/mol. The molecule has 3 heterocycles. The predicted octanol–water partition coefficient (Wildman–Crippen LogP) is 2.73. The first-order valence-electron chi connectivity index (χ1n) is 11.8. The molecule has 8 nitrogen and oxygen atoms in total. The Morgan fingerprint density at radius 2 is 2.06 bits per heavy atom. The van der Waals surface area contributed by atoms with E-state index in [9.17, 15) is 23.9 Å². The molecular weight excluding hydrogens is 477 g/mol. The zero-order valence-corrected chi connectivity index (χ0v) is 20.0. The van der Waals surface area contributed by atoms with Gasteiger partial charge in [-0.1, -0.05) is 17.7 Å².